The molecule has 4 aromatic rings. The summed E-state index contributed by atoms with van der Waals surface area (Å²) in [4.78, 5) is 32.8. The standard InChI is InChI=1S/C27H26N4O2/c1-18-17-21(11-14-25(18)30-15-5-6-16-30)29-26(32)20-9-12-22(13-10-20)31-19(2)28-24-8-4-3-7-23(24)27(31)33/h3-4,7-14,17H,5-6,15-16H2,1-2H3,(H,29,32). The van der Waals surface area contributed by atoms with Gasteiger partial charge in [-0.15, -0.1) is 0 Å². The Labute approximate surface area is 192 Å². The smallest absolute Gasteiger partial charge is 0.265 e. The SMILES string of the molecule is Cc1cc(NC(=O)c2ccc(-n3c(C)nc4ccccc4c3=O)cc2)ccc1N1CCCC1. The van der Waals surface area contributed by atoms with Crippen molar-refractivity contribution in [3.8, 4) is 5.69 Å². The Kier molecular flexibility index (Phi) is 5.42. The number of carbonyl (C=O) groups excluding carboxylic acids is 1. The van der Waals surface area contributed by atoms with Crippen LogP contribution in [-0.4, -0.2) is 28.5 Å². The van der Waals surface area contributed by atoms with E-state index in [9.17, 15) is 9.59 Å². The third kappa shape index (κ3) is 4.00. The molecular formula is C27H26N4O2. The number of para-hydroxylation sites is 1. The van der Waals surface area contributed by atoms with Gasteiger partial charge in [0.25, 0.3) is 11.5 Å². The first-order valence-electron chi connectivity index (χ1n) is 11.3. The second-order valence-electron chi connectivity index (χ2n) is 8.51. The average molecular weight is 439 g/mol. The molecule has 1 aliphatic heterocycles. The second kappa shape index (κ2) is 8.54. The number of nitrogens with zero attached hydrogens (tertiary/aromatic N) is 3. The Hall–Kier alpha value is -3.93. The van der Waals surface area contributed by atoms with Crippen LogP contribution >= 0.6 is 0 Å². The number of aromatic nitrogens is 2. The summed E-state index contributed by atoms with van der Waals surface area (Å²) in [6, 6.07) is 20.4. The van der Waals surface area contributed by atoms with Crippen molar-refractivity contribution in [2.24, 2.45) is 0 Å². The summed E-state index contributed by atoms with van der Waals surface area (Å²) < 4.78 is 1.57. The molecule has 0 spiro atoms. The van der Waals surface area contributed by atoms with Crippen LogP contribution in [0.15, 0.2) is 71.5 Å². The molecule has 33 heavy (non-hydrogen) atoms. The summed E-state index contributed by atoms with van der Waals surface area (Å²) in [6.45, 7) is 6.07. The topological polar surface area (TPSA) is 67.2 Å². The fourth-order valence-corrected chi connectivity index (χ4v) is 4.56. The molecule has 166 valence electrons. The number of hydrogen-bond donors (Lipinski definition) is 1. The molecule has 6 nitrogen and oxygen atoms in total. The number of hydrogen-bond acceptors (Lipinski definition) is 4. The van der Waals surface area contributed by atoms with Gasteiger partial charge in [-0.05, 0) is 86.8 Å². The lowest BCUT2D eigenvalue weighted by Gasteiger charge is -2.20. The zero-order chi connectivity index (χ0) is 22.9. The molecule has 0 radical (unpaired) electrons. The van der Waals surface area contributed by atoms with E-state index >= 15 is 0 Å². The van der Waals surface area contributed by atoms with Crippen molar-refractivity contribution in [2.45, 2.75) is 26.7 Å². The van der Waals surface area contributed by atoms with Gasteiger partial charge in [-0.2, -0.15) is 0 Å². The molecule has 5 rings (SSSR count). The molecule has 1 N–H and O–H groups in total. The van der Waals surface area contributed by atoms with Crippen LogP contribution in [0.4, 0.5) is 11.4 Å². The van der Waals surface area contributed by atoms with Crippen LogP contribution in [0.3, 0.4) is 0 Å². The van der Waals surface area contributed by atoms with E-state index in [1.54, 1.807) is 34.9 Å². The van der Waals surface area contributed by atoms with E-state index < -0.39 is 0 Å². The van der Waals surface area contributed by atoms with Crippen LogP contribution < -0.4 is 15.8 Å². The number of fused-ring (bicyclic) bond motifs is 1. The van der Waals surface area contributed by atoms with E-state index in [4.69, 9.17) is 0 Å². The summed E-state index contributed by atoms with van der Waals surface area (Å²) >= 11 is 0. The molecule has 0 atom stereocenters. The van der Waals surface area contributed by atoms with Gasteiger partial charge in [0.1, 0.15) is 5.82 Å². The van der Waals surface area contributed by atoms with E-state index in [1.165, 1.54) is 18.5 Å². The van der Waals surface area contributed by atoms with Crippen molar-refractivity contribution in [3.63, 3.8) is 0 Å². The number of aryl methyl sites for hydroxylation is 2. The van der Waals surface area contributed by atoms with Gasteiger partial charge < -0.3 is 10.2 Å². The summed E-state index contributed by atoms with van der Waals surface area (Å²) in [5.41, 5.74) is 4.93. The number of nitrogens with one attached hydrogen (secondary N) is 1. The van der Waals surface area contributed by atoms with Crippen LogP contribution in [0.2, 0.25) is 0 Å². The van der Waals surface area contributed by atoms with Gasteiger partial charge in [0.05, 0.1) is 16.6 Å². The Balaban J connectivity index is 1.37. The normalized spacial score (nSPS) is 13.5. The Morgan fingerprint density at radius 3 is 2.39 bits per heavy atom. The molecule has 1 saturated heterocycles. The number of carbonyl (C=O) groups is 1. The third-order valence-electron chi connectivity index (χ3n) is 6.23. The van der Waals surface area contributed by atoms with Gasteiger partial charge in [-0.25, -0.2) is 4.98 Å². The van der Waals surface area contributed by atoms with Crippen molar-refractivity contribution in [2.75, 3.05) is 23.3 Å². The van der Waals surface area contributed by atoms with Crippen LogP contribution in [0.25, 0.3) is 16.6 Å². The van der Waals surface area contributed by atoms with Gasteiger partial charge in [0.2, 0.25) is 0 Å². The third-order valence-corrected chi connectivity index (χ3v) is 6.23. The van der Waals surface area contributed by atoms with Crippen molar-refractivity contribution in [1.29, 1.82) is 0 Å². The van der Waals surface area contributed by atoms with Crippen molar-refractivity contribution in [1.82, 2.24) is 9.55 Å². The maximum Gasteiger partial charge on any atom is 0.265 e. The highest BCUT2D eigenvalue weighted by atomic mass is 16.1. The summed E-state index contributed by atoms with van der Waals surface area (Å²) in [5, 5.41) is 3.55. The molecule has 3 aromatic carbocycles. The predicted molar refractivity (Wildman–Crippen MR) is 133 cm³/mol. The molecule has 0 aliphatic carbocycles. The minimum absolute atomic E-state index is 0.121. The van der Waals surface area contributed by atoms with Crippen LogP contribution in [0, 0.1) is 13.8 Å². The number of rotatable bonds is 4. The molecule has 1 fully saturated rings. The van der Waals surface area contributed by atoms with Crippen LogP contribution in [-0.2, 0) is 0 Å². The van der Waals surface area contributed by atoms with Crippen molar-refractivity contribution in [3.05, 3.63) is 94.0 Å². The van der Waals surface area contributed by atoms with Gasteiger partial charge in [-0.1, -0.05) is 12.1 Å². The Morgan fingerprint density at radius 1 is 0.939 bits per heavy atom. The molecule has 2 heterocycles. The molecule has 1 aliphatic rings. The first kappa shape index (κ1) is 20.9. The lowest BCUT2D eigenvalue weighted by Crippen LogP contribution is -2.22. The molecule has 1 aromatic heterocycles. The zero-order valence-corrected chi connectivity index (χ0v) is 18.8. The number of benzene rings is 3. The summed E-state index contributed by atoms with van der Waals surface area (Å²) in [6.07, 6.45) is 2.46. The Bertz CT molecular complexity index is 1400. The fraction of sp³-hybridized carbons (Fsp3) is 0.222. The maximum absolute atomic E-state index is 13.0. The molecule has 6 heteroatoms. The summed E-state index contributed by atoms with van der Waals surface area (Å²) in [5.74, 6) is 0.417. The number of anilines is 2. The number of amides is 1. The minimum atomic E-state index is -0.185. The first-order chi connectivity index (χ1) is 16.0. The first-order valence-corrected chi connectivity index (χ1v) is 11.3. The minimum Gasteiger partial charge on any atom is -0.371 e. The molecular weight excluding hydrogens is 412 g/mol. The van der Waals surface area contributed by atoms with Gasteiger partial charge in [0, 0.05) is 30.0 Å². The zero-order valence-electron chi connectivity index (χ0n) is 18.8. The van der Waals surface area contributed by atoms with Gasteiger partial charge in [0.15, 0.2) is 0 Å². The molecule has 0 unspecified atom stereocenters. The fourth-order valence-electron chi connectivity index (χ4n) is 4.56. The predicted octanol–water partition coefficient (Wildman–Crippen LogP) is 4.86. The van der Waals surface area contributed by atoms with E-state index in [2.05, 4.69) is 28.2 Å². The van der Waals surface area contributed by atoms with E-state index in [0.29, 0.717) is 28.0 Å². The lowest BCUT2D eigenvalue weighted by atomic mass is 10.1. The maximum atomic E-state index is 13.0. The van der Waals surface area contributed by atoms with Crippen molar-refractivity contribution >= 4 is 28.2 Å². The molecule has 0 bridgehead atoms. The second-order valence-corrected chi connectivity index (χ2v) is 8.51. The molecule has 0 saturated carbocycles. The lowest BCUT2D eigenvalue weighted by molar-refractivity contribution is 0.102. The highest BCUT2D eigenvalue weighted by Crippen LogP contribution is 2.27. The quantitative estimate of drug-likeness (QED) is 0.494. The van der Waals surface area contributed by atoms with Gasteiger partial charge >= 0.3 is 0 Å². The van der Waals surface area contributed by atoms with E-state index in [1.807, 2.05) is 37.3 Å². The average Bonchev–Trinajstić information content (AvgIpc) is 3.34. The highest BCUT2D eigenvalue weighted by Gasteiger charge is 2.15. The molecule has 1 amide bonds. The van der Waals surface area contributed by atoms with Crippen molar-refractivity contribution < 1.29 is 4.79 Å². The van der Waals surface area contributed by atoms with Gasteiger partial charge in [-0.3, -0.25) is 14.2 Å². The monoisotopic (exact) mass is 438 g/mol. The Morgan fingerprint density at radius 2 is 1.67 bits per heavy atom. The van der Waals surface area contributed by atoms with Crippen LogP contribution in [0.5, 0.6) is 0 Å². The highest BCUT2D eigenvalue weighted by molar-refractivity contribution is 6.04. The summed E-state index contributed by atoms with van der Waals surface area (Å²) in [7, 11) is 0. The van der Waals surface area contributed by atoms with E-state index in [0.717, 1.165) is 24.3 Å². The van der Waals surface area contributed by atoms with Crippen LogP contribution in [0.1, 0.15) is 34.6 Å². The largest absolute Gasteiger partial charge is 0.371 e. The van der Waals surface area contributed by atoms with E-state index in [-0.39, 0.29) is 11.5 Å².